The normalized spacial score (nSPS) is 27.5. The largest absolute Gasteiger partial charge is 0.513 e. The summed E-state index contributed by atoms with van der Waals surface area (Å²) in [4.78, 5) is 0. The van der Waals surface area contributed by atoms with E-state index in [0.717, 1.165) is 25.0 Å². The van der Waals surface area contributed by atoms with Crippen LogP contribution in [0.25, 0.3) is 0 Å². The van der Waals surface area contributed by atoms with Crippen LogP contribution in [0, 0.1) is 5.41 Å². The number of hydrogen-bond donors (Lipinski definition) is 0. The maximum Gasteiger partial charge on any atom is 0.513 e. The quantitative estimate of drug-likeness (QED) is 0.756. The lowest BCUT2D eigenvalue weighted by Gasteiger charge is -2.34. The highest BCUT2D eigenvalue weighted by atomic mass is 16.6. The molecule has 3 heterocycles. The predicted molar refractivity (Wildman–Crippen MR) is 72.1 cm³/mol. The zero-order valence-electron chi connectivity index (χ0n) is 11.7. The van der Waals surface area contributed by atoms with E-state index in [0.29, 0.717) is 13.2 Å². The first-order valence-electron chi connectivity index (χ1n) is 7.04. The van der Waals surface area contributed by atoms with Gasteiger partial charge in [-0.2, -0.15) is 5.10 Å². The molecule has 3 rings (SSSR count). The molecule has 1 aromatic rings. The second-order valence-corrected chi connectivity index (χ2v) is 6.14. The molecule has 1 aromatic heterocycles. The second-order valence-electron chi connectivity index (χ2n) is 6.14. The number of rotatable bonds is 2. The van der Waals surface area contributed by atoms with Crippen LogP contribution in [0.3, 0.4) is 0 Å². The summed E-state index contributed by atoms with van der Waals surface area (Å²) in [6.45, 7) is 6.50. The van der Waals surface area contributed by atoms with Gasteiger partial charge in [0.2, 0.25) is 0 Å². The molecule has 0 aromatic carbocycles. The lowest BCUT2D eigenvalue weighted by atomic mass is 9.80. The van der Waals surface area contributed by atoms with E-state index in [-0.39, 0.29) is 18.8 Å². The van der Waals surface area contributed by atoms with Crippen LogP contribution < -0.4 is 5.59 Å². The smallest absolute Gasteiger partial charge is 0.406 e. The molecule has 19 heavy (non-hydrogen) atoms. The molecule has 0 bridgehead atoms. The van der Waals surface area contributed by atoms with Crippen molar-refractivity contribution in [3.05, 3.63) is 12.3 Å². The predicted octanol–water partition coefficient (Wildman–Crippen LogP) is 1.35. The molecule has 0 amide bonds. The van der Waals surface area contributed by atoms with Crippen LogP contribution in [-0.4, -0.2) is 36.7 Å². The second kappa shape index (κ2) is 5.27. The number of aromatic nitrogens is 2. The van der Waals surface area contributed by atoms with E-state index in [1.165, 1.54) is 6.42 Å². The highest BCUT2D eigenvalue weighted by Gasteiger charge is 2.36. The average molecular weight is 264 g/mol. The van der Waals surface area contributed by atoms with Gasteiger partial charge < -0.3 is 14.0 Å². The van der Waals surface area contributed by atoms with Gasteiger partial charge >= 0.3 is 7.12 Å². The third-order valence-corrected chi connectivity index (χ3v) is 3.62. The maximum absolute atomic E-state index is 5.83. The number of ether oxygens (including phenoxy) is 1. The van der Waals surface area contributed by atoms with Crippen LogP contribution in [0.1, 0.15) is 39.3 Å². The van der Waals surface area contributed by atoms with Crippen molar-refractivity contribution in [3.8, 4) is 0 Å². The molecule has 0 N–H and O–H groups in total. The van der Waals surface area contributed by atoms with Gasteiger partial charge in [-0.05, 0) is 25.3 Å². The minimum Gasteiger partial charge on any atom is -0.406 e. The fraction of sp³-hybridized carbons (Fsp3) is 0.769. The Hall–Kier alpha value is -0.845. The molecule has 5 nitrogen and oxygen atoms in total. The van der Waals surface area contributed by atoms with Gasteiger partial charge in [-0.15, -0.1) is 0 Å². The minimum absolute atomic E-state index is 0.0286. The first-order valence-corrected chi connectivity index (χ1v) is 7.04. The summed E-state index contributed by atoms with van der Waals surface area (Å²) in [5.41, 5.74) is 1.05. The van der Waals surface area contributed by atoms with Crippen molar-refractivity contribution in [2.75, 3.05) is 19.8 Å². The molecule has 1 unspecified atom stereocenters. The molecule has 2 aliphatic rings. The summed E-state index contributed by atoms with van der Waals surface area (Å²) in [7, 11) is -0.318. The molecule has 2 saturated heterocycles. The summed E-state index contributed by atoms with van der Waals surface area (Å²) in [5, 5.41) is 4.38. The van der Waals surface area contributed by atoms with Crippen molar-refractivity contribution in [3.63, 3.8) is 0 Å². The Morgan fingerprint density at radius 3 is 2.79 bits per heavy atom. The van der Waals surface area contributed by atoms with E-state index in [1.807, 2.05) is 10.7 Å². The number of hydrogen-bond acceptors (Lipinski definition) is 4. The van der Waals surface area contributed by atoms with Crippen LogP contribution in [-0.2, 0) is 14.0 Å². The zero-order chi connectivity index (χ0) is 13.3. The van der Waals surface area contributed by atoms with Crippen LogP contribution in [0.5, 0.6) is 0 Å². The van der Waals surface area contributed by atoms with E-state index in [2.05, 4.69) is 18.9 Å². The van der Waals surface area contributed by atoms with Crippen LogP contribution in [0.15, 0.2) is 12.3 Å². The van der Waals surface area contributed by atoms with E-state index in [9.17, 15) is 0 Å². The third-order valence-electron chi connectivity index (χ3n) is 3.62. The molecular formula is C13H21BN2O3. The highest BCUT2D eigenvalue weighted by molar-refractivity contribution is 6.60. The Morgan fingerprint density at radius 1 is 1.32 bits per heavy atom. The van der Waals surface area contributed by atoms with Crippen molar-refractivity contribution in [1.82, 2.24) is 9.78 Å². The van der Waals surface area contributed by atoms with Gasteiger partial charge in [-0.1, -0.05) is 13.8 Å². The fourth-order valence-electron chi connectivity index (χ4n) is 2.53. The summed E-state index contributed by atoms with van der Waals surface area (Å²) < 4.78 is 19.4. The van der Waals surface area contributed by atoms with E-state index in [4.69, 9.17) is 14.0 Å². The Balaban J connectivity index is 1.73. The molecule has 2 aliphatic heterocycles. The Kier molecular flexibility index (Phi) is 3.65. The summed E-state index contributed by atoms with van der Waals surface area (Å²) in [6.07, 6.45) is 5.15. The SMILES string of the molecule is CC1(C)COB(c2ccnn2C2CCCCO2)OC1. The molecule has 1 atom stereocenters. The minimum atomic E-state index is -0.318. The molecule has 0 radical (unpaired) electrons. The van der Waals surface area contributed by atoms with Crippen LogP contribution in [0.2, 0.25) is 0 Å². The van der Waals surface area contributed by atoms with Gasteiger partial charge in [0.15, 0.2) is 0 Å². The van der Waals surface area contributed by atoms with E-state index < -0.39 is 0 Å². The topological polar surface area (TPSA) is 45.5 Å². The van der Waals surface area contributed by atoms with Crippen molar-refractivity contribution in [2.45, 2.75) is 39.3 Å². The standard InChI is InChI=1S/C13H21BN2O3/c1-13(2)9-18-14(19-10-13)11-6-7-15-16(11)12-5-3-4-8-17-12/h6-7,12H,3-5,8-10H2,1-2H3. The molecule has 104 valence electrons. The first-order chi connectivity index (χ1) is 9.16. The summed E-state index contributed by atoms with van der Waals surface area (Å²) in [6, 6.07) is 1.96. The third kappa shape index (κ3) is 2.85. The van der Waals surface area contributed by atoms with Crippen molar-refractivity contribution < 1.29 is 14.0 Å². The number of nitrogens with zero attached hydrogens (tertiary/aromatic N) is 2. The monoisotopic (exact) mass is 264 g/mol. The van der Waals surface area contributed by atoms with Crippen LogP contribution >= 0.6 is 0 Å². The zero-order valence-corrected chi connectivity index (χ0v) is 11.7. The fourth-order valence-corrected chi connectivity index (χ4v) is 2.53. The molecule has 0 spiro atoms. The average Bonchev–Trinajstić information content (AvgIpc) is 2.89. The summed E-state index contributed by atoms with van der Waals surface area (Å²) in [5.74, 6) is 0. The lowest BCUT2D eigenvalue weighted by molar-refractivity contribution is -0.0389. The molecule has 0 aliphatic carbocycles. The van der Waals surface area contributed by atoms with Gasteiger partial charge in [0.25, 0.3) is 0 Å². The molecule has 6 heteroatoms. The first kappa shape index (κ1) is 13.2. The van der Waals surface area contributed by atoms with Crippen molar-refractivity contribution in [1.29, 1.82) is 0 Å². The molecule has 2 fully saturated rings. The van der Waals surface area contributed by atoms with E-state index in [1.54, 1.807) is 6.20 Å². The summed E-state index contributed by atoms with van der Waals surface area (Å²) >= 11 is 0. The van der Waals surface area contributed by atoms with Crippen LogP contribution in [0.4, 0.5) is 0 Å². The van der Waals surface area contributed by atoms with E-state index >= 15 is 0 Å². The van der Waals surface area contributed by atoms with Crippen molar-refractivity contribution >= 4 is 12.7 Å². The Morgan fingerprint density at radius 2 is 2.11 bits per heavy atom. The molecular weight excluding hydrogens is 243 g/mol. The van der Waals surface area contributed by atoms with Crippen molar-refractivity contribution in [2.24, 2.45) is 5.41 Å². The Labute approximate surface area is 114 Å². The van der Waals surface area contributed by atoms with Gasteiger partial charge in [-0.25, -0.2) is 4.68 Å². The van der Waals surface area contributed by atoms with Gasteiger partial charge in [0, 0.05) is 31.4 Å². The van der Waals surface area contributed by atoms with Gasteiger partial charge in [-0.3, -0.25) is 0 Å². The Bertz CT molecular complexity index is 419. The van der Waals surface area contributed by atoms with Gasteiger partial charge in [0.1, 0.15) is 6.23 Å². The highest BCUT2D eigenvalue weighted by Crippen LogP contribution is 2.23. The maximum atomic E-state index is 5.83. The van der Waals surface area contributed by atoms with Gasteiger partial charge in [0.05, 0.1) is 5.59 Å². The molecule has 0 saturated carbocycles. The lowest BCUT2D eigenvalue weighted by Crippen LogP contribution is -2.50.